The van der Waals surface area contributed by atoms with Crippen LogP contribution in [0.1, 0.15) is 11.1 Å². The Labute approximate surface area is 189 Å². The van der Waals surface area contributed by atoms with Crippen LogP contribution in [0.15, 0.2) is 73.1 Å². The molecular weight excluding hydrogens is 402 g/mol. The zero-order valence-electron chi connectivity index (χ0n) is 18.6. The average Bonchev–Trinajstić information content (AvgIpc) is 2.85. The van der Waals surface area contributed by atoms with Crippen LogP contribution in [0, 0.1) is 0 Å². The molecule has 1 aliphatic heterocycles. The molecule has 6 nitrogen and oxygen atoms in total. The van der Waals surface area contributed by atoms with Gasteiger partial charge in [-0.25, -0.2) is 0 Å². The van der Waals surface area contributed by atoms with Gasteiger partial charge in [0.1, 0.15) is 5.75 Å². The standard InChI is InChI=1S/C26H29N3O3/c1-27-25(30)26(16-20-5-9-22(10-6-20)23-4-3-13-28-17-23)19-29(14-15-32-26)18-21-7-11-24(31-2)12-8-21/h3-13,17H,14-16,18-19H2,1-2H3,(H,27,30). The maximum atomic E-state index is 13.0. The molecule has 4 rings (SSSR count). The highest BCUT2D eigenvalue weighted by atomic mass is 16.5. The Morgan fingerprint density at radius 3 is 2.50 bits per heavy atom. The van der Waals surface area contributed by atoms with Gasteiger partial charge in [-0.3, -0.25) is 14.7 Å². The molecule has 1 fully saturated rings. The normalized spacial score (nSPS) is 18.8. The monoisotopic (exact) mass is 431 g/mol. The van der Waals surface area contributed by atoms with E-state index in [-0.39, 0.29) is 5.91 Å². The second kappa shape index (κ2) is 9.94. The van der Waals surface area contributed by atoms with Crippen molar-refractivity contribution in [2.75, 3.05) is 33.9 Å². The molecule has 2 aromatic carbocycles. The molecule has 0 aliphatic carbocycles. The maximum Gasteiger partial charge on any atom is 0.253 e. The van der Waals surface area contributed by atoms with E-state index in [0.717, 1.165) is 35.5 Å². The van der Waals surface area contributed by atoms with Crippen molar-refractivity contribution in [3.63, 3.8) is 0 Å². The van der Waals surface area contributed by atoms with E-state index in [9.17, 15) is 4.79 Å². The number of hydrogen-bond acceptors (Lipinski definition) is 5. The lowest BCUT2D eigenvalue weighted by molar-refractivity contribution is -0.160. The zero-order valence-corrected chi connectivity index (χ0v) is 18.6. The van der Waals surface area contributed by atoms with Crippen LogP contribution < -0.4 is 10.1 Å². The molecule has 2 heterocycles. The first-order valence-corrected chi connectivity index (χ1v) is 10.8. The molecule has 1 unspecified atom stereocenters. The summed E-state index contributed by atoms with van der Waals surface area (Å²) in [6, 6.07) is 20.3. The van der Waals surface area contributed by atoms with E-state index in [0.29, 0.717) is 19.6 Å². The number of ether oxygens (including phenoxy) is 2. The first kappa shape index (κ1) is 22.0. The van der Waals surface area contributed by atoms with Gasteiger partial charge in [0.25, 0.3) is 5.91 Å². The van der Waals surface area contributed by atoms with Gasteiger partial charge in [-0.1, -0.05) is 42.5 Å². The van der Waals surface area contributed by atoms with Crippen LogP contribution in [-0.2, 0) is 22.5 Å². The zero-order chi connectivity index (χ0) is 22.4. The van der Waals surface area contributed by atoms with Gasteiger partial charge in [-0.05, 0) is 40.5 Å². The lowest BCUT2D eigenvalue weighted by Crippen LogP contribution is -2.60. The third-order valence-corrected chi connectivity index (χ3v) is 5.91. The summed E-state index contributed by atoms with van der Waals surface area (Å²) in [6.07, 6.45) is 4.13. The Balaban J connectivity index is 1.50. The number of hydrogen-bond donors (Lipinski definition) is 1. The third-order valence-electron chi connectivity index (χ3n) is 5.91. The Morgan fingerprint density at radius 1 is 1.09 bits per heavy atom. The number of amides is 1. The lowest BCUT2D eigenvalue weighted by Gasteiger charge is -2.41. The van der Waals surface area contributed by atoms with E-state index in [1.54, 1.807) is 20.4 Å². The number of rotatable bonds is 7. The molecule has 1 aliphatic rings. The molecule has 0 saturated carbocycles. The number of nitrogens with zero attached hydrogens (tertiary/aromatic N) is 2. The van der Waals surface area contributed by atoms with Gasteiger partial charge in [0.15, 0.2) is 5.60 Å². The fourth-order valence-corrected chi connectivity index (χ4v) is 4.21. The van der Waals surface area contributed by atoms with Crippen LogP contribution >= 0.6 is 0 Å². The number of carbonyl (C=O) groups excluding carboxylic acids is 1. The number of pyridine rings is 1. The molecular formula is C26H29N3O3. The van der Waals surface area contributed by atoms with Gasteiger partial charge in [-0.2, -0.15) is 0 Å². The summed E-state index contributed by atoms with van der Waals surface area (Å²) in [6.45, 7) is 2.58. The van der Waals surface area contributed by atoms with E-state index >= 15 is 0 Å². The summed E-state index contributed by atoms with van der Waals surface area (Å²) in [5.41, 5.74) is 3.49. The summed E-state index contributed by atoms with van der Waals surface area (Å²) >= 11 is 0. The topological polar surface area (TPSA) is 63.7 Å². The molecule has 1 aromatic heterocycles. The number of aromatic nitrogens is 1. The number of benzene rings is 2. The molecule has 0 radical (unpaired) electrons. The number of carbonyl (C=O) groups is 1. The summed E-state index contributed by atoms with van der Waals surface area (Å²) < 4.78 is 11.4. The maximum absolute atomic E-state index is 13.0. The van der Waals surface area contributed by atoms with E-state index in [4.69, 9.17) is 9.47 Å². The summed E-state index contributed by atoms with van der Waals surface area (Å²) in [5, 5.41) is 2.82. The highest BCUT2D eigenvalue weighted by Crippen LogP contribution is 2.27. The molecule has 1 atom stereocenters. The van der Waals surface area contributed by atoms with Gasteiger partial charge in [-0.15, -0.1) is 0 Å². The van der Waals surface area contributed by atoms with Crippen molar-refractivity contribution in [2.24, 2.45) is 0 Å². The molecule has 32 heavy (non-hydrogen) atoms. The lowest BCUT2D eigenvalue weighted by atomic mass is 9.90. The molecule has 1 N–H and O–H groups in total. The fourth-order valence-electron chi connectivity index (χ4n) is 4.21. The SMILES string of the molecule is CNC(=O)C1(Cc2ccc(-c3cccnc3)cc2)CN(Cc2ccc(OC)cc2)CCO1. The summed E-state index contributed by atoms with van der Waals surface area (Å²) in [7, 11) is 3.33. The molecule has 0 spiro atoms. The van der Waals surface area contributed by atoms with Gasteiger partial charge in [0.05, 0.1) is 13.7 Å². The third kappa shape index (κ3) is 4.98. The number of likely N-dealkylation sites (N-methyl/N-ethyl adjacent to an activating group) is 1. The Kier molecular flexibility index (Phi) is 6.83. The van der Waals surface area contributed by atoms with Crippen molar-refractivity contribution < 1.29 is 14.3 Å². The van der Waals surface area contributed by atoms with E-state index in [2.05, 4.69) is 51.6 Å². The Morgan fingerprint density at radius 2 is 1.84 bits per heavy atom. The Hall–Kier alpha value is -3.22. The van der Waals surface area contributed by atoms with Gasteiger partial charge >= 0.3 is 0 Å². The van der Waals surface area contributed by atoms with Gasteiger partial charge in [0.2, 0.25) is 0 Å². The van der Waals surface area contributed by atoms with E-state index in [1.807, 2.05) is 30.5 Å². The predicted octanol–water partition coefficient (Wildman–Crippen LogP) is 3.32. The number of methoxy groups -OCH3 is 1. The molecule has 0 bridgehead atoms. The largest absolute Gasteiger partial charge is 0.497 e. The molecule has 6 heteroatoms. The quantitative estimate of drug-likeness (QED) is 0.622. The van der Waals surface area contributed by atoms with Crippen molar-refractivity contribution >= 4 is 5.91 Å². The van der Waals surface area contributed by atoms with Gasteiger partial charge < -0.3 is 14.8 Å². The van der Waals surface area contributed by atoms with E-state index < -0.39 is 5.60 Å². The van der Waals surface area contributed by atoms with Crippen LogP contribution in [0.2, 0.25) is 0 Å². The first-order chi connectivity index (χ1) is 15.6. The van der Waals surface area contributed by atoms with Crippen molar-refractivity contribution in [1.29, 1.82) is 0 Å². The molecule has 1 saturated heterocycles. The minimum absolute atomic E-state index is 0.0896. The molecule has 166 valence electrons. The second-order valence-electron chi connectivity index (χ2n) is 8.10. The van der Waals surface area contributed by atoms with Crippen LogP contribution in [0.25, 0.3) is 11.1 Å². The number of nitrogens with one attached hydrogen (secondary N) is 1. The van der Waals surface area contributed by atoms with Crippen LogP contribution in [0.5, 0.6) is 5.75 Å². The first-order valence-electron chi connectivity index (χ1n) is 10.8. The van der Waals surface area contributed by atoms with Crippen molar-refractivity contribution in [3.8, 4) is 16.9 Å². The van der Waals surface area contributed by atoms with Crippen LogP contribution in [-0.4, -0.2) is 55.2 Å². The highest BCUT2D eigenvalue weighted by Gasteiger charge is 2.43. The Bertz CT molecular complexity index is 1020. The van der Waals surface area contributed by atoms with Crippen molar-refractivity contribution in [3.05, 3.63) is 84.2 Å². The number of morpholine rings is 1. The van der Waals surface area contributed by atoms with Crippen LogP contribution in [0.3, 0.4) is 0 Å². The average molecular weight is 432 g/mol. The van der Waals surface area contributed by atoms with Gasteiger partial charge in [0, 0.05) is 45.5 Å². The van der Waals surface area contributed by atoms with E-state index in [1.165, 1.54) is 5.56 Å². The van der Waals surface area contributed by atoms with Crippen LogP contribution in [0.4, 0.5) is 0 Å². The van der Waals surface area contributed by atoms with Crippen molar-refractivity contribution in [2.45, 2.75) is 18.6 Å². The smallest absolute Gasteiger partial charge is 0.253 e. The van der Waals surface area contributed by atoms with Crippen molar-refractivity contribution in [1.82, 2.24) is 15.2 Å². The second-order valence-corrected chi connectivity index (χ2v) is 8.10. The molecule has 3 aromatic rings. The molecule has 1 amide bonds. The summed E-state index contributed by atoms with van der Waals surface area (Å²) in [4.78, 5) is 19.4. The minimum Gasteiger partial charge on any atom is -0.497 e. The highest BCUT2D eigenvalue weighted by molar-refractivity contribution is 5.86. The summed E-state index contributed by atoms with van der Waals surface area (Å²) in [5.74, 6) is 0.749. The fraction of sp³-hybridized carbons (Fsp3) is 0.308. The predicted molar refractivity (Wildman–Crippen MR) is 124 cm³/mol. The minimum atomic E-state index is -0.921.